The summed E-state index contributed by atoms with van der Waals surface area (Å²) in [5, 5.41) is 9.66. The molecule has 0 aromatic carbocycles. The topological polar surface area (TPSA) is 70.2 Å². The zero-order chi connectivity index (χ0) is 18.7. The van der Waals surface area contributed by atoms with E-state index in [1.165, 1.54) is 38.5 Å². The van der Waals surface area contributed by atoms with Crippen molar-refractivity contribution >= 4 is 11.8 Å². The van der Waals surface area contributed by atoms with Gasteiger partial charge >= 0.3 is 0 Å². The van der Waals surface area contributed by atoms with E-state index in [0.29, 0.717) is 23.8 Å². The van der Waals surface area contributed by atoms with Crippen molar-refractivity contribution in [3.63, 3.8) is 0 Å². The summed E-state index contributed by atoms with van der Waals surface area (Å²) in [4.78, 5) is 25.6. The first-order valence-corrected chi connectivity index (χ1v) is 10.7. The van der Waals surface area contributed by atoms with Gasteiger partial charge in [-0.2, -0.15) is 0 Å². The number of rotatable bonds is 9. The highest BCUT2D eigenvalue weighted by Crippen LogP contribution is 2.44. The predicted octanol–water partition coefficient (Wildman–Crippen LogP) is 2.75. The average molecular weight is 364 g/mol. The number of amides is 2. The first-order valence-electron chi connectivity index (χ1n) is 10.7. The van der Waals surface area contributed by atoms with E-state index < -0.39 is 5.41 Å². The molecule has 1 aliphatic heterocycles. The zero-order valence-corrected chi connectivity index (χ0v) is 16.7. The third-order valence-corrected chi connectivity index (χ3v) is 7.84. The molecule has 5 nitrogen and oxygen atoms in total. The molecule has 1 heterocycles. The minimum absolute atomic E-state index is 0.0393. The molecular formula is C21H37N3O2. The van der Waals surface area contributed by atoms with E-state index >= 15 is 0 Å². The van der Waals surface area contributed by atoms with Gasteiger partial charge in [-0.15, -0.1) is 0 Å². The lowest BCUT2D eigenvalue weighted by Gasteiger charge is -2.42. The van der Waals surface area contributed by atoms with Crippen LogP contribution in [0.5, 0.6) is 0 Å². The number of carbonyl (C=O) groups excluding carboxylic acids is 2. The largest absolute Gasteiger partial charge is 0.356 e. The summed E-state index contributed by atoms with van der Waals surface area (Å²) < 4.78 is 0. The highest BCUT2D eigenvalue weighted by molar-refractivity contribution is 5.89. The summed E-state index contributed by atoms with van der Waals surface area (Å²) >= 11 is 0. The van der Waals surface area contributed by atoms with Crippen molar-refractivity contribution in [2.75, 3.05) is 26.2 Å². The fourth-order valence-electron chi connectivity index (χ4n) is 4.94. The van der Waals surface area contributed by atoms with Gasteiger partial charge in [0.05, 0.1) is 5.41 Å². The normalized spacial score (nSPS) is 28.7. The highest BCUT2D eigenvalue weighted by Gasteiger charge is 2.45. The molecule has 1 unspecified atom stereocenters. The monoisotopic (exact) mass is 363 g/mol. The van der Waals surface area contributed by atoms with E-state index in [9.17, 15) is 9.59 Å². The van der Waals surface area contributed by atoms with Crippen molar-refractivity contribution < 1.29 is 9.59 Å². The molecule has 3 aliphatic rings. The van der Waals surface area contributed by atoms with E-state index in [4.69, 9.17) is 0 Å². The Kier molecular flexibility index (Phi) is 5.95. The van der Waals surface area contributed by atoms with Crippen LogP contribution in [0.3, 0.4) is 0 Å². The maximum atomic E-state index is 13.0. The third-order valence-electron chi connectivity index (χ3n) is 7.84. The summed E-state index contributed by atoms with van der Waals surface area (Å²) in [6.45, 7) is 7.40. The van der Waals surface area contributed by atoms with Gasteiger partial charge in [0.15, 0.2) is 0 Å². The van der Waals surface area contributed by atoms with Gasteiger partial charge in [0.1, 0.15) is 0 Å². The SMILES string of the molecule is CCC1(CNC(=O)CC2(C(=O)NCC3(CC)CCC3)CCNC2)CCC1. The second-order valence-electron chi connectivity index (χ2n) is 9.26. The van der Waals surface area contributed by atoms with Gasteiger partial charge in [0.25, 0.3) is 0 Å². The molecule has 2 saturated carbocycles. The summed E-state index contributed by atoms with van der Waals surface area (Å²) in [6.07, 6.45) is 10.7. The molecule has 0 aromatic heterocycles. The number of hydrogen-bond donors (Lipinski definition) is 3. The molecule has 0 aromatic rings. The maximum Gasteiger partial charge on any atom is 0.228 e. The van der Waals surface area contributed by atoms with E-state index in [2.05, 4.69) is 29.8 Å². The molecule has 0 radical (unpaired) electrons. The molecular weight excluding hydrogens is 326 g/mol. The summed E-state index contributed by atoms with van der Waals surface area (Å²) in [7, 11) is 0. The van der Waals surface area contributed by atoms with Gasteiger partial charge in [-0.05, 0) is 62.3 Å². The fraction of sp³-hybridized carbons (Fsp3) is 0.905. The minimum Gasteiger partial charge on any atom is -0.356 e. The third kappa shape index (κ3) is 3.92. The van der Waals surface area contributed by atoms with E-state index in [0.717, 1.165) is 38.9 Å². The zero-order valence-electron chi connectivity index (χ0n) is 16.7. The lowest BCUT2D eigenvalue weighted by Crippen LogP contribution is -2.50. The molecule has 0 bridgehead atoms. The van der Waals surface area contributed by atoms with Crippen molar-refractivity contribution in [1.82, 2.24) is 16.0 Å². The van der Waals surface area contributed by atoms with Crippen LogP contribution < -0.4 is 16.0 Å². The Hall–Kier alpha value is -1.10. The first-order chi connectivity index (χ1) is 12.5. The predicted molar refractivity (Wildman–Crippen MR) is 104 cm³/mol. The second kappa shape index (κ2) is 7.87. The molecule has 5 heteroatoms. The lowest BCUT2D eigenvalue weighted by molar-refractivity contribution is -0.136. The van der Waals surface area contributed by atoms with Crippen LogP contribution in [0.1, 0.15) is 78.1 Å². The van der Waals surface area contributed by atoms with Crippen molar-refractivity contribution in [2.24, 2.45) is 16.2 Å². The molecule has 1 saturated heterocycles. The fourth-order valence-corrected chi connectivity index (χ4v) is 4.94. The van der Waals surface area contributed by atoms with Crippen molar-refractivity contribution in [2.45, 2.75) is 78.1 Å². The molecule has 2 aliphatic carbocycles. The van der Waals surface area contributed by atoms with Crippen LogP contribution >= 0.6 is 0 Å². The quantitative estimate of drug-likeness (QED) is 0.590. The molecule has 148 valence electrons. The average Bonchev–Trinajstić information content (AvgIpc) is 3.03. The van der Waals surface area contributed by atoms with Crippen LogP contribution in [-0.4, -0.2) is 38.0 Å². The van der Waals surface area contributed by atoms with Gasteiger partial charge in [0, 0.05) is 26.1 Å². The summed E-state index contributed by atoms with van der Waals surface area (Å²) in [5.41, 5.74) is 0.0569. The van der Waals surface area contributed by atoms with Crippen molar-refractivity contribution in [1.29, 1.82) is 0 Å². The van der Waals surface area contributed by atoms with E-state index in [-0.39, 0.29) is 11.8 Å². The van der Waals surface area contributed by atoms with Gasteiger partial charge in [-0.25, -0.2) is 0 Å². The molecule has 3 rings (SSSR count). The van der Waals surface area contributed by atoms with Crippen LogP contribution in [0.15, 0.2) is 0 Å². The molecule has 26 heavy (non-hydrogen) atoms. The minimum atomic E-state index is -0.568. The van der Waals surface area contributed by atoms with Gasteiger partial charge in [-0.3, -0.25) is 9.59 Å². The number of hydrogen-bond acceptors (Lipinski definition) is 3. The summed E-state index contributed by atoms with van der Waals surface area (Å²) in [5.74, 6) is 0.114. The Morgan fingerprint density at radius 3 is 1.88 bits per heavy atom. The molecule has 2 amide bonds. The Balaban J connectivity index is 1.53. The Labute approximate surface area is 158 Å². The van der Waals surface area contributed by atoms with Crippen LogP contribution in [-0.2, 0) is 9.59 Å². The second-order valence-corrected chi connectivity index (χ2v) is 9.26. The first kappa shape index (κ1) is 19.7. The molecule has 3 fully saturated rings. The Morgan fingerprint density at radius 2 is 1.46 bits per heavy atom. The van der Waals surface area contributed by atoms with Gasteiger partial charge in [-0.1, -0.05) is 26.7 Å². The Morgan fingerprint density at radius 1 is 0.885 bits per heavy atom. The molecule has 0 spiro atoms. The highest BCUT2D eigenvalue weighted by atomic mass is 16.2. The van der Waals surface area contributed by atoms with E-state index in [1.807, 2.05) is 0 Å². The van der Waals surface area contributed by atoms with Crippen LogP contribution in [0.25, 0.3) is 0 Å². The smallest absolute Gasteiger partial charge is 0.228 e. The van der Waals surface area contributed by atoms with Gasteiger partial charge < -0.3 is 16.0 Å². The summed E-state index contributed by atoms with van der Waals surface area (Å²) in [6, 6.07) is 0. The number of carbonyl (C=O) groups is 2. The maximum absolute atomic E-state index is 13.0. The van der Waals surface area contributed by atoms with Crippen molar-refractivity contribution in [3.05, 3.63) is 0 Å². The van der Waals surface area contributed by atoms with Crippen LogP contribution in [0.4, 0.5) is 0 Å². The standard InChI is InChI=1S/C21H37N3O2/c1-3-19(7-5-8-19)14-23-17(25)13-21(11-12-22-16-21)18(26)24-15-20(4-2)9-6-10-20/h22H,3-16H2,1-2H3,(H,23,25)(H,24,26). The number of nitrogens with one attached hydrogen (secondary N) is 3. The Bertz CT molecular complexity index is 506. The van der Waals surface area contributed by atoms with Crippen LogP contribution in [0.2, 0.25) is 0 Å². The van der Waals surface area contributed by atoms with Crippen LogP contribution in [0, 0.1) is 16.2 Å². The van der Waals surface area contributed by atoms with E-state index in [1.54, 1.807) is 0 Å². The lowest BCUT2D eigenvalue weighted by atomic mass is 9.67. The molecule has 1 atom stereocenters. The van der Waals surface area contributed by atoms with Crippen molar-refractivity contribution in [3.8, 4) is 0 Å². The van der Waals surface area contributed by atoms with Gasteiger partial charge in [0.2, 0.25) is 11.8 Å². The molecule has 3 N–H and O–H groups in total.